The number of thiazole rings is 1. The molecule has 0 unspecified atom stereocenters. The molecule has 0 radical (unpaired) electrons. The molecule has 4 aromatic rings. The van der Waals surface area contributed by atoms with Crippen molar-refractivity contribution in [1.82, 2.24) is 4.98 Å². The first kappa shape index (κ1) is 16.8. The average molecular weight is 407 g/mol. The lowest BCUT2D eigenvalue weighted by atomic mass is 10.1. The minimum absolute atomic E-state index is 0.254. The molecule has 0 fully saturated rings. The van der Waals surface area contributed by atoms with Gasteiger partial charge in [0, 0.05) is 15.1 Å². The van der Waals surface area contributed by atoms with Crippen LogP contribution in [0, 0.1) is 13.8 Å². The Kier molecular flexibility index (Phi) is 4.20. The molecule has 0 atom stereocenters. The van der Waals surface area contributed by atoms with Gasteiger partial charge in [-0.15, -0.1) is 11.3 Å². The third-order valence-corrected chi connectivity index (χ3v) is 6.66. The summed E-state index contributed by atoms with van der Waals surface area (Å²) in [7, 11) is 0. The number of aromatic nitrogens is 1. The molecule has 0 saturated carbocycles. The Morgan fingerprint density at radius 3 is 2.68 bits per heavy atom. The normalized spacial score (nSPS) is 11.4. The van der Waals surface area contributed by atoms with E-state index in [1.165, 1.54) is 28.2 Å². The van der Waals surface area contributed by atoms with Crippen LogP contribution in [0.3, 0.4) is 0 Å². The highest BCUT2D eigenvalue weighted by Crippen LogP contribution is 2.37. The van der Waals surface area contributed by atoms with Crippen molar-refractivity contribution >= 4 is 77.2 Å². The third-order valence-electron chi connectivity index (χ3n) is 3.85. The molecule has 0 spiro atoms. The summed E-state index contributed by atoms with van der Waals surface area (Å²) in [4.78, 5) is 17.7. The van der Waals surface area contributed by atoms with Crippen LogP contribution < -0.4 is 5.32 Å². The molecule has 0 aliphatic heterocycles. The van der Waals surface area contributed by atoms with Crippen molar-refractivity contribution in [2.24, 2.45) is 0 Å². The van der Waals surface area contributed by atoms with Gasteiger partial charge < -0.3 is 0 Å². The lowest BCUT2D eigenvalue weighted by molar-refractivity contribution is 0.103. The predicted octanol–water partition coefficient (Wildman–Crippen LogP) is 6.69. The van der Waals surface area contributed by atoms with Gasteiger partial charge in [0.25, 0.3) is 5.91 Å². The standard InChI is InChI=1S/C18H12Cl2N2OS2/c1-8-5-9(2)15-13(6-8)25-18(21-15)22-17(23)16-14(20)11-4-3-10(19)7-12(11)24-16/h3-7H,1-2H3,(H,21,22,23). The van der Waals surface area contributed by atoms with Gasteiger partial charge in [0.15, 0.2) is 5.13 Å². The van der Waals surface area contributed by atoms with E-state index in [0.29, 0.717) is 20.1 Å². The van der Waals surface area contributed by atoms with Gasteiger partial charge in [0.2, 0.25) is 0 Å². The number of nitrogens with zero attached hydrogens (tertiary/aromatic N) is 1. The predicted molar refractivity (Wildman–Crippen MR) is 109 cm³/mol. The highest BCUT2D eigenvalue weighted by atomic mass is 35.5. The number of halogens is 2. The average Bonchev–Trinajstić information content (AvgIpc) is 3.08. The van der Waals surface area contributed by atoms with Crippen molar-refractivity contribution < 1.29 is 4.79 Å². The van der Waals surface area contributed by atoms with Crippen molar-refractivity contribution in [2.45, 2.75) is 13.8 Å². The summed E-state index contributed by atoms with van der Waals surface area (Å²) in [6.07, 6.45) is 0. The molecule has 4 rings (SSSR count). The largest absolute Gasteiger partial charge is 0.297 e. The van der Waals surface area contributed by atoms with Gasteiger partial charge in [0.05, 0.1) is 15.2 Å². The summed E-state index contributed by atoms with van der Waals surface area (Å²) in [5.41, 5.74) is 3.19. The van der Waals surface area contributed by atoms with E-state index in [0.717, 1.165) is 25.9 Å². The van der Waals surface area contributed by atoms with Gasteiger partial charge >= 0.3 is 0 Å². The summed E-state index contributed by atoms with van der Waals surface area (Å²) in [5.74, 6) is -0.254. The second-order valence-electron chi connectivity index (χ2n) is 5.79. The van der Waals surface area contributed by atoms with Crippen molar-refractivity contribution in [3.8, 4) is 0 Å². The summed E-state index contributed by atoms with van der Waals surface area (Å²) in [5, 5.41) is 5.34. The molecule has 0 aliphatic carbocycles. The summed E-state index contributed by atoms with van der Waals surface area (Å²) in [6.45, 7) is 4.07. The van der Waals surface area contributed by atoms with Crippen LogP contribution in [0.25, 0.3) is 20.3 Å². The monoisotopic (exact) mass is 406 g/mol. The summed E-state index contributed by atoms with van der Waals surface area (Å²) >= 11 is 15.2. The molecule has 126 valence electrons. The number of carbonyl (C=O) groups excluding carboxylic acids is 1. The first-order valence-electron chi connectivity index (χ1n) is 7.49. The number of hydrogen-bond donors (Lipinski definition) is 1. The van der Waals surface area contributed by atoms with Gasteiger partial charge in [-0.25, -0.2) is 4.98 Å². The van der Waals surface area contributed by atoms with Crippen LogP contribution in [0.15, 0.2) is 30.3 Å². The Hall–Kier alpha value is -1.66. The van der Waals surface area contributed by atoms with Crippen LogP contribution in [0.2, 0.25) is 10.0 Å². The van der Waals surface area contributed by atoms with Crippen molar-refractivity contribution in [2.75, 3.05) is 5.32 Å². The number of hydrogen-bond acceptors (Lipinski definition) is 4. The molecule has 25 heavy (non-hydrogen) atoms. The van der Waals surface area contributed by atoms with Crippen LogP contribution in [0.5, 0.6) is 0 Å². The van der Waals surface area contributed by atoms with Crippen molar-refractivity contribution in [3.63, 3.8) is 0 Å². The number of aryl methyl sites for hydroxylation is 2. The smallest absolute Gasteiger partial charge is 0.269 e. The number of thiophene rings is 1. The number of nitrogens with one attached hydrogen (secondary N) is 1. The molecular formula is C18H12Cl2N2OS2. The summed E-state index contributed by atoms with van der Waals surface area (Å²) in [6, 6.07) is 9.57. The Bertz CT molecular complexity index is 1150. The van der Waals surface area contributed by atoms with Gasteiger partial charge in [-0.1, -0.05) is 46.7 Å². The zero-order valence-corrected chi connectivity index (χ0v) is 16.5. The zero-order chi connectivity index (χ0) is 17.7. The van der Waals surface area contributed by atoms with Crippen LogP contribution in [-0.2, 0) is 0 Å². The van der Waals surface area contributed by atoms with E-state index in [2.05, 4.69) is 22.4 Å². The Balaban J connectivity index is 1.70. The van der Waals surface area contributed by atoms with E-state index in [9.17, 15) is 4.79 Å². The molecule has 0 aliphatic rings. The van der Waals surface area contributed by atoms with E-state index in [1.807, 2.05) is 26.0 Å². The first-order valence-corrected chi connectivity index (χ1v) is 9.88. The number of rotatable bonds is 2. The molecule has 1 amide bonds. The molecule has 0 saturated heterocycles. The van der Waals surface area contributed by atoms with E-state index in [1.54, 1.807) is 6.07 Å². The minimum Gasteiger partial charge on any atom is -0.297 e. The van der Waals surface area contributed by atoms with E-state index < -0.39 is 0 Å². The maximum Gasteiger partial charge on any atom is 0.269 e. The molecule has 3 nitrogen and oxygen atoms in total. The zero-order valence-electron chi connectivity index (χ0n) is 13.3. The molecular weight excluding hydrogens is 395 g/mol. The molecule has 0 bridgehead atoms. The van der Waals surface area contributed by atoms with Gasteiger partial charge in [-0.2, -0.15) is 0 Å². The number of anilines is 1. The number of carbonyl (C=O) groups is 1. The second-order valence-corrected chi connectivity index (χ2v) is 8.68. The fourth-order valence-electron chi connectivity index (χ4n) is 2.76. The van der Waals surface area contributed by atoms with Crippen LogP contribution >= 0.6 is 45.9 Å². The molecule has 2 heterocycles. The first-order chi connectivity index (χ1) is 11.9. The topological polar surface area (TPSA) is 42.0 Å². The quantitative estimate of drug-likeness (QED) is 0.402. The fourth-order valence-corrected chi connectivity index (χ4v) is 5.49. The Morgan fingerprint density at radius 2 is 1.88 bits per heavy atom. The Morgan fingerprint density at radius 1 is 1.08 bits per heavy atom. The maximum absolute atomic E-state index is 12.7. The molecule has 1 N–H and O–H groups in total. The van der Waals surface area contributed by atoms with Crippen LogP contribution in [0.4, 0.5) is 5.13 Å². The molecule has 7 heteroatoms. The fraction of sp³-hybridized carbons (Fsp3) is 0.111. The summed E-state index contributed by atoms with van der Waals surface area (Å²) < 4.78 is 1.94. The van der Waals surface area contributed by atoms with Crippen LogP contribution in [-0.4, -0.2) is 10.9 Å². The highest BCUT2D eigenvalue weighted by Gasteiger charge is 2.19. The number of amides is 1. The minimum atomic E-state index is -0.254. The molecule has 2 aromatic heterocycles. The van der Waals surface area contributed by atoms with Crippen LogP contribution in [0.1, 0.15) is 20.8 Å². The van der Waals surface area contributed by atoms with E-state index in [4.69, 9.17) is 23.2 Å². The van der Waals surface area contributed by atoms with Crippen molar-refractivity contribution in [3.05, 3.63) is 56.4 Å². The lowest BCUT2D eigenvalue weighted by Crippen LogP contribution is -2.10. The SMILES string of the molecule is Cc1cc(C)c2nc(NC(=O)c3sc4cc(Cl)ccc4c3Cl)sc2c1. The third kappa shape index (κ3) is 3.02. The number of fused-ring (bicyclic) bond motifs is 2. The second kappa shape index (κ2) is 6.25. The number of benzene rings is 2. The van der Waals surface area contributed by atoms with Gasteiger partial charge in [-0.05, 0) is 43.2 Å². The maximum atomic E-state index is 12.7. The molecule has 2 aromatic carbocycles. The highest BCUT2D eigenvalue weighted by molar-refractivity contribution is 7.23. The lowest BCUT2D eigenvalue weighted by Gasteiger charge is -1.99. The van der Waals surface area contributed by atoms with Gasteiger partial charge in [0.1, 0.15) is 4.88 Å². The van der Waals surface area contributed by atoms with E-state index in [-0.39, 0.29) is 5.91 Å². The van der Waals surface area contributed by atoms with Gasteiger partial charge in [-0.3, -0.25) is 10.1 Å². The van der Waals surface area contributed by atoms with E-state index >= 15 is 0 Å². The van der Waals surface area contributed by atoms with Crippen molar-refractivity contribution in [1.29, 1.82) is 0 Å². The Labute approximate surface area is 162 Å².